The van der Waals surface area contributed by atoms with Crippen molar-refractivity contribution in [2.45, 2.75) is 102 Å². The van der Waals surface area contributed by atoms with Gasteiger partial charge >= 0.3 is 22.8 Å². The molecule has 14 heteroatoms. The molecule has 202 valence electrons. The number of fused-ring (bicyclic) bond motifs is 1. The van der Waals surface area contributed by atoms with Gasteiger partial charge in [0.25, 0.3) is 5.56 Å². The number of aromatic nitrogens is 2. The van der Waals surface area contributed by atoms with Gasteiger partial charge in [-0.15, -0.1) is 0 Å². The zero-order valence-corrected chi connectivity index (χ0v) is 24.3. The number of ether oxygens (including phenoxy) is 2. The zero-order valence-electron chi connectivity index (χ0n) is 22.3. The maximum absolute atomic E-state index is 12.7. The minimum atomic E-state index is -2.98. The third kappa shape index (κ3) is 5.27. The summed E-state index contributed by atoms with van der Waals surface area (Å²) in [4.78, 5) is 29.4. The van der Waals surface area contributed by atoms with Gasteiger partial charge in [-0.2, -0.15) is 0 Å². The Balaban J connectivity index is 2.15. The van der Waals surface area contributed by atoms with Crippen molar-refractivity contribution in [3.05, 3.63) is 43.5 Å². The van der Waals surface area contributed by atoms with Crippen LogP contribution in [0.5, 0.6) is 0 Å². The first-order valence-corrected chi connectivity index (χ1v) is 16.4. The Kier molecular flexibility index (Phi) is 9.05. The summed E-state index contributed by atoms with van der Waals surface area (Å²) in [5.41, 5.74) is 8.13. The predicted octanol–water partition coefficient (Wildman–Crippen LogP) is 4.04. The molecule has 2 saturated heterocycles. The first-order valence-electron chi connectivity index (χ1n) is 12.5. The van der Waals surface area contributed by atoms with Crippen LogP contribution in [0.2, 0.25) is 22.2 Å². The number of nitrogens with one attached hydrogen (secondary N) is 1. The highest BCUT2D eigenvalue weighted by Crippen LogP contribution is 2.48. The molecule has 1 aromatic rings. The van der Waals surface area contributed by atoms with Crippen molar-refractivity contribution in [3.8, 4) is 0 Å². The summed E-state index contributed by atoms with van der Waals surface area (Å²) in [7, 11) is -5.76. The Morgan fingerprint density at radius 3 is 2.25 bits per heavy atom. The van der Waals surface area contributed by atoms with Gasteiger partial charge in [0.05, 0.1) is 6.61 Å². The topological polar surface area (TPSA) is 150 Å². The highest BCUT2D eigenvalue weighted by Gasteiger charge is 2.62. The van der Waals surface area contributed by atoms with Crippen LogP contribution < -0.4 is 11.2 Å². The predicted molar refractivity (Wildman–Crippen MR) is 138 cm³/mol. The molecule has 0 aliphatic carbocycles. The van der Waals surface area contributed by atoms with Crippen LogP contribution in [-0.2, 0) is 22.4 Å². The van der Waals surface area contributed by atoms with Crippen LogP contribution >= 0.6 is 0 Å². The molecule has 2 fully saturated rings. The lowest BCUT2D eigenvalue weighted by Gasteiger charge is -2.51. The van der Waals surface area contributed by atoms with Crippen LogP contribution in [0, 0.1) is 0 Å². The molecule has 0 spiro atoms. The summed E-state index contributed by atoms with van der Waals surface area (Å²) < 4.78 is 34.6. The molecule has 12 nitrogen and oxygen atoms in total. The number of nitrogens with zero attached hydrogens (tertiary/aromatic N) is 4. The van der Waals surface area contributed by atoms with Crippen LogP contribution in [0.1, 0.15) is 61.6 Å². The molecule has 1 N–H and O–H groups in total. The molecule has 2 aliphatic heterocycles. The fourth-order valence-electron chi connectivity index (χ4n) is 5.30. The zero-order chi connectivity index (χ0) is 26.8. The van der Waals surface area contributed by atoms with Gasteiger partial charge in [0, 0.05) is 17.2 Å². The van der Waals surface area contributed by atoms with Crippen molar-refractivity contribution < 1.29 is 22.4 Å². The van der Waals surface area contributed by atoms with Crippen LogP contribution in [0.15, 0.2) is 27.0 Å². The van der Waals surface area contributed by atoms with Crippen molar-refractivity contribution >= 4 is 17.1 Å². The molecule has 36 heavy (non-hydrogen) atoms. The summed E-state index contributed by atoms with van der Waals surface area (Å²) in [5.74, 6) is 0. The number of rotatable bonds is 8. The van der Waals surface area contributed by atoms with Gasteiger partial charge in [0.1, 0.15) is 25.0 Å². The minimum absolute atomic E-state index is 0.0804. The lowest BCUT2D eigenvalue weighted by molar-refractivity contribution is -0.0720. The van der Waals surface area contributed by atoms with E-state index in [0.29, 0.717) is 0 Å². The second-order valence-electron chi connectivity index (χ2n) is 10.6. The van der Waals surface area contributed by atoms with Gasteiger partial charge in [0.15, 0.2) is 6.23 Å². The first-order chi connectivity index (χ1) is 16.9. The SMILES string of the molecule is CC(C)[Si]1(C(C)C)OC[C@H]2O[C@@H](n3ccc(=O)[nH]c3=O)[C@H](OCN=[N+]=[N-])[C@@H]2O[Si](C(C)C)(C(C)C)O1. The van der Waals surface area contributed by atoms with Crippen molar-refractivity contribution in [1.82, 2.24) is 9.55 Å². The maximum atomic E-state index is 12.7. The van der Waals surface area contributed by atoms with Crippen molar-refractivity contribution in [2.75, 3.05) is 13.3 Å². The molecule has 0 aromatic carbocycles. The molecule has 2 aliphatic rings. The Bertz CT molecular complexity index is 1050. The fourth-order valence-corrected chi connectivity index (χ4v) is 16.5. The van der Waals surface area contributed by atoms with E-state index in [4.69, 9.17) is 28.0 Å². The van der Waals surface area contributed by atoms with E-state index < -0.39 is 52.9 Å². The molecule has 1 aromatic heterocycles. The van der Waals surface area contributed by atoms with Gasteiger partial charge in [-0.1, -0.05) is 60.5 Å². The smallest absolute Gasteiger partial charge is 0.335 e. The lowest BCUT2D eigenvalue weighted by atomic mass is 10.1. The second kappa shape index (κ2) is 11.3. The summed E-state index contributed by atoms with van der Waals surface area (Å²) in [5, 5.41) is 3.51. The average molecular weight is 542 g/mol. The number of hydrogen-bond donors (Lipinski definition) is 1. The Labute approximate surface area is 213 Å². The van der Waals surface area contributed by atoms with Crippen LogP contribution in [0.4, 0.5) is 0 Å². The van der Waals surface area contributed by atoms with E-state index in [9.17, 15) is 9.59 Å². The molecule has 0 bridgehead atoms. The molecular formula is C22H39N5O7Si2. The third-order valence-corrected chi connectivity index (χ3v) is 17.4. The van der Waals surface area contributed by atoms with Crippen molar-refractivity contribution in [1.29, 1.82) is 0 Å². The van der Waals surface area contributed by atoms with E-state index in [0.717, 1.165) is 0 Å². The maximum Gasteiger partial charge on any atom is 0.335 e. The molecule has 0 radical (unpaired) electrons. The lowest BCUT2D eigenvalue weighted by Crippen LogP contribution is -2.66. The van der Waals surface area contributed by atoms with E-state index >= 15 is 0 Å². The summed E-state index contributed by atoms with van der Waals surface area (Å²) in [6.45, 7) is 16.9. The molecular weight excluding hydrogens is 502 g/mol. The quantitative estimate of drug-likeness (QED) is 0.226. The number of aromatic amines is 1. The van der Waals surface area contributed by atoms with E-state index in [2.05, 4.69) is 70.4 Å². The molecule has 0 saturated carbocycles. The molecule has 0 unspecified atom stereocenters. The van der Waals surface area contributed by atoms with Gasteiger partial charge in [-0.05, 0) is 27.7 Å². The van der Waals surface area contributed by atoms with Gasteiger partial charge in [0.2, 0.25) is 0 Å². The highest BCUT2D eigenvalue weighted by molar-refractivity contribution is 6.83. The van der Waals surface area contributed by atoms with E-state index in [1.54, 1.807) is 0 Å². The van der Waals surface area contributed by atoms with Crippen LogP contribution in [0.3, 0.4) is 0 Å². The monoisotopic (exact) mass is 541 g/mol. The van der Waals surface area contributed by atoms with Crippen LogP contribution in [-0.4, -0.2) is 58.3 Å². The van der Waals surface area contributed by atoms with Gasteiger partial charge in [-0.25, -0.2) is 4.79 Å². The van der Waals surface area contributed by atoms with E-state index in [1.807, 2.05) is 0 Å². The number of H-pyrrole nitrogens is 1. The Morgan fingerprint density at radius 2 is 1.72 bits per heavy atom. The molecule has 3 rings (SSSR count). The average Bonchev–Trinajstić information content (AvgIpc) is 3.09. The number of azide groups is 1. The normalized spacial score (nSPS) is 27.7. The Hall–Kier alpha value is -1.78. The Morgan fingerprint density at radius 1 is 1.11 bits per heavy atom. The molecule has 4 atom stereocenters. The molecule has 3 heterocycles. The highest BCUT2D eigenvalue weighted by atomic mass is 28.5. The van der Waals surface area contributed by atoms with Crippen molar-refractivity contribution in [2.24, 2.45) is 5.11 Å². The van der Waals surface area contributed by atoms with Crippen molar-refractivity contribution in [3.63, 3.8) is 0 Å². The number of hydrogen-bond acceptors (Lipinski definition) is 8. The first kappa shape index (κ1) is 28.8. The third-order valence-electron chi connectivity index (χ3n) is 7.13. The summed E-state index contributed by atoms with van der Waals surface area (Å²) in [6.07, 6.45) is -1.59. The minimum Gasteiger partial charge on any atom is -0.414 e. The standard InChI is InChI=1S/C22H39N5O7Si2/c1-13(2)35(14(3)4)31-11-17-19(33-36(34-35,15(5)6)16(7)8)20(30-12-24-26-23)21(32-17)27-10-9-18(28)25-22(27)29/h9-10,13-17,19-21H,11-12H2,1-8H3,(H,25,28,29)/t17-,19-,20-,21-/m1/s1. The largest absolute Gasteiger partial charge is 0.414 e. The van der Waals surface area contributed by atoms with E-state index in [1.165, 1.54) is 16.8 Å². The van der Waals surface area contributed by atoms with Gasteiger partial charge in [-0.3, -0.25) is 14.3 Å². The summed E-state index contributed by atoms with van der Waals surface area (Å²) >= 11 is 0. The fraction of sp³-hybridized carbons (Fsp3) is 0.818. The van der Waals surface area contributed by atoms with Gasteiger partial charge < -0.3 is 22.4 Å². The van der Waals surface area contributed by atoms with E-state index in [-0.39, 0.29) is 35.5 Å². The second-order valence-corrected chi connectivity index (χ2v) is 19.5. The molecule has 0 amide bonds. The summed E-state index contributed by atoms with van der Waals surface area (Å²) in [6, 6.07) is 1.24. The van der Waals surface area contributed by atoms with Crippen LogP contribution in [0.25, 0.3) is 10.4 Å².